The van der Waals surface area contributed by atoms with E-state index in [1.54, 1.807) is 24.3 Å². The highest BCUT2D eigenvalue weighted by Gasteiger charge is 2.16. The number of carboxylic acid groups (broad SMARTS) is 1. The van der Waals surface area contributed by atoms with Crippen LogP contribution in [-0.2, 0) is 0 Å². The van der Waals surface area contributed by atoms with Crippen LogP contribution in [-0.4, -0.2) is 16.1 Å². The highest BCUT2D eigenvalue weighted by molar-refractivity contribution is 9.10. The third-order valence-electron chi connectivity index (χ3n) is 3.16. The van der Waals surface area contributed by atoms with Crippen LogP contribution in [0.5, 0.6) is 0 Å². The van der Waals surface area contributed by atoms with Gasteiger partial charge in [-0.3, -0.25) is 0 Å². The molecule has 0 radical (unpaired) electrons. The lowest BCUT2D eigenvalue weighted by Crippen LogP contribution is -2.01. The van der Waals surface area contributed by atoms with Crippen molar-refractivity contribution in [2.24, 2.45) is 0 Å². The van der Waals surface area contributed by atoms with Gasteiger partial charge in [0.1, 0.15) is 0 Å². The molecular weight excluding hydrogens is 354 g/mol. The monoisotopic (exact) mass is 361 g/mol. The normalized spacial score (nSPS) is 10.8. The van der Waals surface area contributed by atoms with Gasteiger partial charge in [-0.1, -0.05) is 51.8 Å². The second-order valence-corrected chi connectivity index (χ2v) is 5.74. The lowest BCUT2D eigenvalue weighted by molar-refractivity contribution is 0.0699. The van der Waals surface area contributed by atoms with Crippen molar-refractivity contribution < 1.29 is 9.90 Å². The number of aromatic nitrogens is 1. The molecule has 0 spiro atoms. The molecule has 0 unspecified atom stereocenters. The van der Waals surface area contributed by atoms with Crippen molar-refractivity contribution in [3.05, 3.63) is 63.6 Å². The molecule has 0 aliphatic heterocycles. The lowest BCUT2D eigenvalue weighted by atomic mass is 10.0. The van der Waals surface area contributed by atoms with E-state index in [0.717, 1.165) is 10.0 Å². The summed E-state index contributed by atoms with van der Waals surface area (Å²) in [6.07, 6.45) is 0. The van der Waals surface area contributed by atoms with Gasteiger partial charge < -0.3 is 5.11 Å². The zero-order chi connectivity index (χ0) is 15.0. The van der Waals surface area contributed by atoms with Crippen LogP contribution < -0.4 is 0 Å². The molecule has 2 aromatic carbocycles. The Bertz CT molecular complexity index is 864. The van der Waals surface area contributed by atoms with Crippen molar-refractivity contribution in [1.82, 2.24) is 4.98 Å². The summed E-state index contributed by atoms with van der Waals surface area (Å²) in [6.45, 7) is 0. The van der Waals surface area contributed by atoms with Gasteiger partial charge in [0.2, 0.25) is 0 Å². The molecule has 1 aromatic heterocycles. The first-order valence-corrected chi connectivity index (χ1v) is 7.32. The first kappa shape index (κ1) is 14.0. The van der Waals surface area contributed by atoms with Crippen LogP contribution in [0.1, 0.15) is 10.4 Å². The number of halogens is 2. The third kappa shape index (κ3) is 2.52. The van der Waals surface area contributed by atoms with Crippen LogP contribution in [0.2, 0.25) is 5.02 Å². The predicted octanol–water partition coefficient (Wildman–Crippen LogP) is 5.02. The third-order valence-corrected chi connectivity index (χ3v) is 4.17. The Labute approximate surface area is 134 Å². The molecule has 104 valence electrons. The van der Waals surface area contributed by atoms with Gasteiger partial charge in [0.25, 0.3) is 0 Å². The zero-order valence-corrected chi connectivity index (χ0v) is 13.0. The number of hydrogen-bond donors (Lipinski definition) is 1. The molecule has 0 saturated carbocycles. The van der Waals surface area contributed by atoms with Crippen LogP contribution in [0.15, 0.2) is 53.0 Å². The number of aromatic carboxylic acids is 1. The molecule has 0 atom stereocenters. The van der Waals surface area contributed by atoms with Crippen molar-refractivity contribution >= 4 is 44.4 Å². The zero-order valence-electron chi connectivity index (χ0n) is 10.7. The van der Waals surface area contributed by atoms with E-state index in [2.05, 4.69) is 20.9 Å². The molecule has 0 aliphatic rings. The molecule has 1 heterocycles. The number of carboxylic acids is 1. The minimum atomic E-state index is -1.02. The van der Waals surface area contributed by atoms with E-state index in [9.17, 15) is 9.90 Å². The Morgan fingerprint density at radius 1 is 1.14 bits per heavy atom. The Morgan fingerprint density at radius 3 is 2.62 bits per heavy atom. The number of carbonyl (C=O) groups is 1. The summed E-state index contributed by atoms with van der Waals surface area (Å²) in [5.41, 5.74) is 2.14. The van der Waals surface area contributed by atoms with E-state index in [-0.39, 0.29) is 5.56 Å². The maximum atomic E-state index is 11.5. The topological polar surface area (TPSA) is 50.2 Å². The molecule has 0 aliphatic carbocycles. The maximum Gasteiger partial charge on any atom is 0.336 e. The van der Waals surface area contributed by atoms with Crippen molar-refractivity contribution in [2.75, 3.05) is 0 Å². The van der Waals surface area contributed by atoms with Crippen LogP contribution >= 0.6 is 27.5 Å². The average molecular weight is 363 g/mol. The molecule has 0 amide bonds. The van der Waals surface area contributed by atoms with Crippen molar-refractivity contribution in [1.29, 1.82) is 0 Å². The van der Waals surface area contributed by atoms with Gasteiger partial charge in [-0.05, 0) is 24.3 Å². The fourth-order valence-electron chi connectivity index (χ4n) is 2.22. The van der Waals surface area contributed by atoms with Crippen molar-refractivity contribution in [2.45, 2.75) is 0 Å². The smallest absolute Gasteiger partial charge is 0.336 e. The van der Waals surface area contributed by atoms with E-state index < -0.39 is 5.97 Å². The van der Waals surface area contributed by atoms with Gasteiger partial charge in [0.15, 0.2) is 0 Å². The summed E-state index contributed by atoms with van der Waals surface area (Å²) in [5, 5.41) is 10.3. The Hall–Kier alpha value is -1.91. The van der Waals surface area contributed by atoms with Gasteiger partial charge in [-0.2, -0.15) is 0 Å². The number of pyridine rings is 1. The van der Waals surface area contributed by atoms with Gasteiger partial charge in [0.05, 0.1) is 21.8 Å². The fraction of sp³-hybridized carbons (Fsp3) is 0. The SMILES string of the molecule is O=C(O)c1cc(-c2ccccc2Br)nc2cccc(Cl)c12. The average Bonchev–Trinajstić information content (AvgIpc) is 2.46. The minimum absolute atomic E-state index is 0.149. The van der Waals surface area contributed by atoms with Gasteiger partial charge >= 0.3 is 5.97 Å². The van der Waals surface area contributed by atoms with Gasteiger partial charge in [-0.15, -0.1) is 0 Å². The summed E-state index contributed by atoms with van der Waals surface area (Å²) in [5.74, 6) is -1.02. The van der Waals surface area contributed by atoms with E-state index >= 15 is 0 Å². The summed E-state index contributed by atoms with van der Waals surface area (Å²) in [6, 6.07) is 14.3. The molecule has 0 fully saturated rings. The number of rotatable bonds is 2. The van der Waals surface area contributed by atoms with Crippen molar-refractivity contribution in [3.8, 4) is 11.3 Å². The summed E-state index contributed by atoms with van der Waals surface area (Å²) in [7, 11) is 0. The van der Waals surface area contributed by atoms with Crippen LogP contribution in [0.3, 0.4) is 0 Å². The second-order valence-electron chi connectivity index (χ2n) is 4.47. The molecular formula is C16H9BrClNO2. The minimum Gasteiger partial charge on any atom is -0.478 e. The summed E-state index contributed by atoms with van der Waals surface area (Å²) < 4.78 is 0.857. The number of fused-ring (bicyclic) bond motifs is 1. The van der Waals surface area contributed by atoms with Gasteiger partial charge in [0, 0.05) is 15.4 Å². The summed E-state index contributed by atoms with van der Waals surface area (Å²) >= 11 is 9.58. The second kappa shape index (κ2) is 5.47. The fourth-order valence-corrected chi connectivity index (χ4v) is 2.98. The van der Waals surface area contributed by atoms with Crippen LogP contribution in [0, 0.1) is 0 Å². The first-order chi connectivity index (χ1) is 10.1. The Morgan fingerprint density at radius 2 is 1.90 bits per heavy atom. The highest BCUT2D eigenvalue weighted by atomic mass is 79.9. The Kier molecular flexibility index (Phi) is 3.66. The molecule has 5 heteroatoms. The van der Waals surface area contributed by atoms with E-state index in [1.165, 1.54) is 0 Å². The molecule has 1 N–H and O–H groups in total. The highest BCUT2D eigenvalue weighted by Crippen LogP contribution is 2.32. The number of benzene rings is 2. The number of nitrogens with zero attached hydrogens (tertiary/aromatic N) is 1. The van der Waals surface area contributed by atoms with Gasteiger partial charge in [-0.25, -0.2) is 9.78 Å². The predicted molar refractivity (Wildman–Crippen MR) is 86.8 cm³/mol. The lowest BCUT2D eigenvalue weighted by Gasteiger charge is -2.09. The van der Waals surface area contributed by atoms with E-state index in [4.69, 9.17) is 11.6 Å². The van der Waals surface area contributed by atoms with E-state index in [0.29, 0.717) is 21.6 Å². The van der Waals surface area contributed by atoms with Crippen LogP contribution in [0.4, 0.5) is 0 Å². The molecule has 0 saturated heterocycles. The molecule has 3 nitrogen and oxygen atoms in total. The van der Waals surface area contributed by atoms with Crippen LogP contribution in [0.25, 0.3) is 22.2 Å². The quantitative estimate of drug-likeness (QED) is 0.696. The Balaban J connectivity index is 2.37. The largest absolute Gasteiger partial charge is 0.478 e. The molecule has 21 heavy (non-hydrogen) atoms. The molecule has 3 aromatic rings. The van der Waals surface area contributed by atoms with E-state index in [1.807, 2.05) is 24.3 Å². The standard InChI is InChI=1S/C16H9BrClNO2/c17-11-5-2-1-4-9(11)14-8-10(16(20)21)15-12(18)6-3-7-13(15)19-14/h1-8H,(H,20,21). The summed E-state index contributed by atoms with van der Waals surface area (Å²) in [4.78, 5) is 16.1. The van der Waals surface area contributed by atoms with Crippen molar-refractivity contribution in [3.63, 3.8) is 0 Å². The first-order valence-electron chi connectivity index (χ1n) is 6.15. The molecule has 3 rings (SSSR count). The molecule has 0 bridgehead atoms. The maximum absolute atomic E-state index is 11.5. The number of hydrogen-bond acceptors (Lipinski definition) is 2.